The van der Waals surface area contributed by atoms with Crippen LogP contribution in [-0.4, -0.2) is 25.5 Å². The van der Waals surface area contributed by atoms with Crippen LogP contribution in [0.15, 0.2) is 4.79 Å². The lowest BCUT2D eigenvalue weighted by Crippen LogP contribution is -2.23. The minimum absolute atomic E-state index is 0.119. The van der Waals surface area contributed by atoms with Crippen LogP contribution in [0.25, 0.3) is 0 Å². The molecule has 0 spiro atoms. The maximum Gasteiger partial charge on any atom is 0.265 e. The lowest BCUT2D eigenvalue weighted by atomic mass is 9.83. The van der Waals surface area contributed by atoms with Gasteiger partial charge in [0.15, 0.2) is 0 Å². The quantitative estimate of drug-likeness (QED) is 0.493. The molecule has 5 heteroatoms. The number of rotatable bonds is 11. The monoisotopic (exact) mass is 286 g/mol. The summed E-state index contributed by atoms with van der Waals surface area (Å²) in [5, 5.41) is 2.57. The van der Waals surface area contributed by atoms with E-state index in [9.17, 15) is 4.79 Å². The molecule has 0 amide bonds. The van der Waals surface area contributed by atoms with E-state index >= 15 is 0 Å². The highest BCUT2D eigenvalue weighted by Crippen LogP contribution is 2.25. The van der Waals surface area contributed by atoms with Gasteiger partial charge in [0.2, 0.25) is 0 Å². The second kappa shape index (κ2) is 9.97. The number of nitrogens with zero attached hydrogens (tertiary/aromatic N) is 1. The smallest absolute Gasteiger partial charge is 0.265 e. The van der Waals surface area contributed by atoms with Crippen molar-refractivity contribution in [1.29, 1.82) is 0 Å². The van der Waals surface area contributed by atoms with E-state index in [0.29, 0.717) is 11.2 Å². The normalized spacial score (nSPS) is 11.4. The van der Waals surface area contributed by atoms with E-state index in [-0.39, 0.29) is 11.5 Å². The van der Waals surface area contributed by atoms with Crippen LogP contribution in [0.5, 0.6) is 0 Å². The fourth-order valence-electron chi connectivity index (χ4n) is 2.94. The van der Waals surface area contributed by atoms with Crippen LogP contribution >= 0.6 is 0 Å². The molecule has 0 atom stereocenters. The molecule has 1 N–H and O–H groups in total. The van der Waals surface area contributed by atoms with Crippen molar-refractivity contribution >= 4 is 21.4 Å². The Hall–Kier alpha value is -0.860. The molecular weight excluding hydrogens is 258 g/mol. The number of aromatic amines is 1. The molecule has 0 aliphatic rings. The number of hydrogen-bond donors (Lipinski definition) is 1. The van der Waals surface area contributed by atoms with Gasteiger partial charge in [-0.1, -0.05) is 65.2 Å². The minimum Gasteiger partial charge on any atom is -0.357 e. The third-order valence-corrected chi connectivity index (χ3v) is 4.22. The molecule has 0 unspecified atom stereocenters. The molecule has 114 valence electrons. The summed E-state index contributed by atoms with van der Waals surface area (Å²) in [5.74, 6) is 0.243. The molecule has 1 aromatic heterocycles. The molecule has 0 saturated heterocycles. The van der Waals surface area contributed by atoms with Gasteiger partial charge in [-0.3, -0.25) is 9.89 Å². The molecule has 0 saturated carbocycles. The Morgan fingerprint density at radius 3 is 1.90 bits per heavy atom. The van der Waals surface area contributed by atoms with Crippen molar-refractivity contribution < 1.29 is 0 Å². The third-order valence-electron chi connectivity index (χ3n) is 4.22. The maximum absolute atomic E-state index is 12.0. The van der Waals surface area contributed by atoms with E-state index in [0.717, 1.165) is 30.3 Å². The van der Waals surface area contributed by atoms with E-state index in [1.807, 2.05) is 0 Å². The summed E-state index contributed by atoms with van der Waals surface area (Å²) in [6.45, 7) is 4.42. The van der Waals surface area contributed by atoms with E-state index in [1.165, 1.54) is 38.5 Å². The molecule has 21 heavy (non-hydrogen) atoms. The van der Waals surface area contributed by atoms with E-state index in [4.69, 9.17) is 15.8 Å². The van der Waals surface area contributed by atoms with E-state index in [2.05, 4.69) is 18.9 Å². The first-order valence-electron chi connectivity index (χ1n) is 8.47. The van der Waals surface area contributed by atoms with Crippen molar-refractivity contribution in [3.63, 3.8) is 0 Å². The number of unbranched alkanes of at least 4 members (excludes halogenated alkanes) is 6. The van der Waals surface area contributed by atoms with E-state index in [1.54, 1.807) is 0 Å². The Morgan fingerprint density at radius 2 is 1.52 bits per heavy atom. The van der Waals surface area contributed by atoms with Crippen LogP contribution in [0.2, 0.25) is 0 Å². The first kappa shape index (κ1) is 18.2. The largest absolute Gasteiger partial charge is 0.357 e. The summed E-state index contributed by atoms with van der Waals surface area (Å²) in [5.41, 5.74) is 0.979. The highest BCUT2D eigenvalue weighted by atomic mass is 16.1. The van der Waals surface area contributed by atoms with Gasteiger partial charge in [0.05, 0.1) is 0 Å². The Labute approximate surface area is 131 Å². The SMILES string of the molecule is [B]c1c(C(CCCCCC)CCCCCC)c(=O)[nH]n1[B]. The fraction of sp³-hybridized carbons (Fsp3) is 0.812. The lowest BCUT2D eigenvalue weighted by Gasteiger charge is -2.16. The topological polar surface area (TPSA) is 37.8 Å². The zero-order chi connectivity index (χ0) is 15.7. The van der Waals surface area contributed by atoms with Crippen LogP contribution in [0.4, 0.5) is 0 Å². The highest BCUT2D eigenvalue weighted by molar-refractivity contribution is 6.34. The molecule has 0 aromatic carbocycles. The molecule has 0 aliphatic carbocycles. The van der Waals surface area contributed by atoms with Crippen molar-refractivity contribution in [2.75, 3.05) is 0 Å². The molecule has 1 rings (SSSR count). The fourth-order valence-corrected chi connectivity index (χ4v) is 2.94. The molecule has 1 heterocycles. The average molecular weight is 286 g/mol. The summed E-state index contributed by atoms with van der Waals surface area (Å²) in [6, 6.07) is 0. The van der Waals surface area contributed by atoms with Crippen LogP contribution in [0.1, 0.15) is 89.5 Å². The van der Waals surface area contributed by atoms with Gasteiger partial charge in [-0.05, 0) is 24.4 Å². The van der Waals surface area contributed by atoms with Crippen LogP contribution < -0.4 is 11.2 Å². The molecule has 4 radical (unpaired) electrons. The first-order chi connectivity index (χ1) is 10.1. The van der Waals surface area contributed by atoms with Gasteiger partial charge in [0.1, 0.15) is 7.85 Å². The summed E-state index contributed by atoms with van der Waals surface area (Å²) >= 11 is 0. The lowest BCUT2D eigenvalue weighted by molar-refractivity contribution is 0.496. The Kier molecular flexibility index (Phi) is 8.63. The van der Waals surface area contributed by atoms with Crippen LogP contribution in [0, 0.1) is 0 Å². The van der Waals surface area contributed by atoms with Gasteiger partial charge in [-0.2, -0.15) is 0 Å². The van der Waals surface area contributed by atoms with Gasteiger partial charge in [-0.25, -0.2) is 0 Å². The predicted molar refractivity (Wildman–Crippen MR) is 91.9 cm³/mol. The number of aromatic nitrogens is 2. The van der Waals surface area contributed by atoms with Crippen LogP contribution in [0.3, 0.4) is 0 Å². The van der Waals surface area contributed by atoms with Gasteiger partial charge in [0, 0.05) is 5.56 Å². The van der Waals surface area contributed by atoms with Crippen molar-refractivity contribution in [3.05, 3.63) is 15.9 Å². The standard InChI is InChI=1S/C16H28B2N2O/c1-3-5-7-9-11-13(12-10-8-6-4-2)14-15(17)20(18)19-16(14)21/h13H,3-12H2,1-2H3,(H,19,21). The van der Waals surface area contributed by atoms with Crippen molar-refractivity contribution in [3.8, 4) is 0 Å². The number of nitrogens with one attached hydrogen (secondary N) is 1. The summed E-state index contributed by atoms with van der Waals surface area (Å²) in [4.78, 5) is 12.0. The van der Waals surface area contributed by atoms with Crippen molar-refractivity contribution in [2.24, 2.45) is 0 Å². The Bertz CT molecular complexity index is 442. The van der Waals surface area contributed by atoms with Crippen molar-refractivity contribution in [1.82, 2.24) is 9.69 Å². The summed E-state index contributed by atoms with van der Waals surface area (Å²) in [6.07, 6.45) is 11.8. The second-order valence-corrected chi connectivity index (χ2v) is 6.01. The van der Waals surface area contributed by atoms with Crippen molar-refractivity contribution in [2.45, 2.75) is 84.0 Å². The highest BCUT2D eigenvalue weighted by Gasteiger charge is 2.19. The van der Waals surface area contributed by atoms with Gasteiger partial charge in [0.25, 0.3) is 13.5 Å². The summed E-state index contributed by atoms with van der Waals surface area (Å²) in [7, 11) is 11.6. The zero-order valence-corrected chi connectivity index (χ0v) is 13.7. The van der Waals surface area contributed by atoms with Crippen LogP contribution in [-0.2, 0) is 0 Å². The van der Waals surface area contributed by atoms with Gasteiger partial charge < -0.3 is 4.59 Å². The molecular formula is C16H28B2N2O. The third kappa shape index (κ3) is 5.80. The predicted octanol–water partition coefficient (Wildman–Crippen LogP) is 2.93. The maximum atomic E-state index is 12.0. The summed E-state index contributed by atoms with van der Waals surface area (Å²) < 4.78 is 1.16. The molecule has 0 bridgehead atoms. The Balaban J connectivity index is 2.68. The zero-order valence-electron chi connectivity index (χ0n) is 13.7. The van der Waals surface area contributed by atoms with Gasteiger partial charge in [-0.15, -0.1) is 0 Å². The molecule has 0 aliphatic heterocycles. The number of hydrogen-bond acceptors (Lipinski definition) is 1. The second-order valence-electron chi connectivity index (χ2n) is 6.01. The van der Waals surface area contributed by atoms with Gasteiger partial charge >= 0.3 is 0 Å². The first-order valence-corrected chi connectivity index (χ1v) is 8.47. The average Bonchev–Trinajstić information content (AvgIpc) is 2.71. The number of H-pyrrole nitrogens is 1. The Morgan fingerprint density at radius 1 is 1.00 bits per heavy atom. The molecule has 1 aromatic rings. The van der Waals surface area contributed by atoms with E-state index < -0.39 is 0 Å². The molecule has 0 fully saturated rings. The minimum atomic E-state index is -0.119. The molecule has 3 nitrogen and oxygen atoms in total.